The number of rotatable bonds is 3. The largest absolute Gasteiger partial charge is 0.298 e. The van der Waals surface area contributed by atoms with Crippen LogP contribution in [0.25, 0.3) is 0 Å². The zero-order valence-corrected chi connectivity index (χ0v) is 11.6. The first-order valence-corrected chi connectivity index (χ1v) is 6.66. The maximum atomic E-state index is 10.7. The summed E-state index contributed by atoms with van der Waals surface area (Å²) in [5.74, 6) is 0. The second-order valence-electron chi connectivity index (χ2n) is 3.53. The lowest BCUT2D eigenvalue weighted by Gasteiger charge is -2.05. The number of carbonyl (C=O) groups excluding carboxylic acids is 1. The van der Waals surface area contributed by atoms with Gasteiger partial charge in [-0.1, -0.05) is 17.8 Å². The van der Waals surface area contributed by atoms with Crippen LogP contribution in [0.15, 0.2) is 50.9 Å². The van der Waals surface area contributed by atoms with E-state index >= 15 is 0 Å². The quantitative estimate of drug-likeness (QED) is 0.799. The molecule has 86 valence electrons. The highest BCUT2D eigenvalue weighted by atomic mass is 79.9. The van der Waals surface area contributed by atoms with Gasteiger partial charge in [0.05, 0.1) is 4.47 Å². The Morgan fingerprint density at radius 1 is 1.35 bits per heavy atom. The molecule has 0 saturated heterocycles. The van der Waals surface area contributed by atoms with Gasteiger partial charge in [0.15, 0.2) is 0 Å². The van der Waals surface area contributed by atoms with E-state index in [-0.39, 0.29) is 0 Å². The van der Waals surface area contributed by atoms with Gasteiger partial charge < -0.3 is 0 Å². The van der Waals surface area contributed by atoms with Crippen molar-refractivity contribution in [1.29, 1.82) is 0 Å². The summed E-state index contributed by atoms with van der Waals surface area (Å²) in [6.45, 7) is 1.93. The third-order valence-corrected chi connectivity index (χ3v) is 4.22. The molecule has 0 N–H and O–H groups in total. The van der Waals surface area contributed by atoms with Gasteiger partial charge in [-0.3, -0.25) is 4.79 Å². The van der Waals surface area contributed by atoms with E-state index in [1.54, 1.807) is 18.0 Å². The van der Waals surface area contributed by atoms with Gasteiger partial charge in [0, 0.05) is 16.7 Å². The van der Waals surface area contributed by atoms with Crippen molar-refractivity contribution < 1.29 is 4.79 Å². The lowest BCUT2D eigenvalue weighted by atomic mass is 10.1. The Bertz CT molecular complexity index is 557. The van der Waals surface area contributed by atoms with Crippen molar-refractivity contribution >= 4 is 34.0 Å². The van der Waals surface area contributed by atoms with Crippen molar-refractivity contribution in [3.05, 3.63) is 52.1 Å². The molecule has 0 unspecified atom stereocenters. The number of carbonyl (C=O) groups is 1. The predicted molar refractivity (Wildman–Crippen MR) is 72.6 cm³/mol. The van der Waals surface area contributed by atoms with Gasteiger partial charge in [0.2, 0.25) is 0 Å². The highest BCUT2D eigenvalue weighted by Gasteiger charge is 2.04. The highest BCUT2D eigenvalue weighted by molar-refractivity contribution is 9.10. The van der Waals surface area contributed by atoms with E-state index in [9.17, 15) is 4.79 Å². The molecule has 0 aliphatic heterocycles. The standard InChI is InChI=1S/C13H10BrNOS/c1-9-7-11(5-4-10(9)8-16)17-13-12(14)3-2-6-15-13/h2-8H,1H3. The maximum Gasteiger partial charge on any atom is 0.150 e. The zero-order chi connectivity index (χ0) is 12.3. The van der Waals surface area contributed by atoms with Crippen molar-refractivity contribution in [2.45, 2.75) is 16.8 Å². The number of aryl methyl sites for hydroxylation is 1. The fourth-order valence-corrected chi connectivity index (χ4v) is 2.77. The second kappa shape index (κ2) is 5.47. The monoisotopic (exact) mass is 307 g/mol. The average molecular weight is 308 g/mol. The first kappa shape index (κ1) is 12.3. The minimum atomic E-state index is 0.731. The highest BCUT2D eigenvalue weighted by Crippen LogP contribution is 2.32. The molecule has 2 aromatic rings. The number of nitrogens with zero attached hydrogens (tertiary/aromatic N) is 1. The Morgan fingerprint density at radius 2 is 2.18 bits per heavy atom. The second-order valence-corrected chi connectivity index (χ2v) is 5.45. The first-order chi connectivity index (χ1) is 8.20. The van der Waals surface area contributed by atoms with Crippen LogP contribution in [0.3, 0.4) is 0 Å². The van der Waals surface area contributed by atoms with E-state index in [0.29, 0.717) is 0 Å². The summed E-state index contributed by atoms with van der Waals surface area (Å²) < 4.78 is 0.974. The van der Waals surface area contributed by atoms with E-state index in [1.807, 2.05) is 37.3 Å². The molecule has 0 radical (unpaired) electrons. The molecule has 0 bridgehead atoms. The Balaban J connectivity index is 2.28. The smallest absolute Gasteiger partial charge is 0.150 e. The molecule has 0 fully saturated rings. The van der Waals surface area contributed by atoms with E-state index < -0.39 is 0 Å². The summed E-state index contributed by atoms with van der Waals surface area (Å²) in [5.41, 5.74) is 1.71. The minimum Gasteiger partial charge on any atom is -0.298 e. The number of halogens is 1. The summed E-state index contributed by atoms with van der Waals surface area (Å²) in [6.07, 6.45) is 2.64. The number of pyridine rings is 1. The van der Waals surface area contributed by atoms with Crippen molar-refractivity contribution in [3.8, 4) is 0 Å². The van der Waals surface area contributed by atoms with Gasteiger partial charge in [-0.05, 0) is 52.7 Å². The molecule has 0 atom stereocenters. The number of hydrogen-bond donors (Lipinski definition) is 0. The molecule has 4 heteroatoms. The summed E-state index contributed by atoms with van der Waals surface area (Å²) in [4.78, 5) is 16.1. The van der Waals surface area contributed by atoms with Crippen molar-refractivity contribution in [1.82, 2.24) is 4.98 Å². The molecule has 2 rings (SSSR count). The van der Waals surface area contributed by atoms with Gasteiger partial charge in [-0.25, -0.2) is 4.98 Å². The Morgan fingerprint density at radius 3 is 2.82 bits per heavy atom. The molecule has 1 aromatic heterocycles. The van der Waals surface area contributed by atoms with Crippen LogP contribution in [0, 0.1) is 6.92 Å². The molecule has 17 heavy (non-hydrogen) atoms. The Kier molecular flexibility index (Phi) is 3.97. The third kappa shape index (κ3) is 2.96. The van der Waals surface area contributed by atoms with Gasteiger partial charge in [0.25, 0.3) is 0 Å². The van der Waals surface area contributed by atoms with Crippen LogP contribution < -0.4 is 0 Å². The van der Waals surface area contributed by atoms with Gasteiger partial charge in [-0.15, -0.1) is 0 Å². The van der Waals surface area contributed by atoms with Crippen molar-refractivity contribution in [3.63, 3.8) is 0 Å². The molecule has 0 aliphatic carbocycles. The van der Waals surface area contributed by atoms with E-state index in [2.05, 4.69) is 20.9 Å². The summed E-state index contributed by atoms with van der Waals surface area (Å²) in [5, 5.41) is 0.922. The van der Waals surface area contributed by atoms with Crippen LogP contribution >= 0.6 is 27.7 Å². The number of aromatic nitrogens is 1. The van der Waals surface area contributed by atoms with Crippen LogP contribution in [0.5, 0.6) is 0 Å². The maximum absolute atomic E-state index is 10.7. The van der Waals surface area contributed by atoms with Crippen LogP contribution in [-0.4, -0.2) is 11.3 Å². The summed E-state index contributed by atoms with van der Waals surface area (Å²) >= 11 is 5.03. The van der Waals surface area contributed by atoms with E-state index in [1.165, 1.54) is 0 Å². The van der Waals surface area contributed by atoms with Gasteiger partial charge >= 0.3 is 0 Å². The molecule has 0 aliphatic rings. The normalized spacial score (nSPS) is 10.2. The Labute approximate surface area is 113 Å². The SMILES string of the molecule is Cc1cc(Sc2ncccc2Br)ccc1C=O. The summed E-state index contributed by atoms with van der Waals surface area (Å²) in [6, 6.07) is 9.61. The Hall–Kier alpha value is -1.13. The third-order valence-electron chi connectivity index (χ3n) is 2.31. The predicted octanol–water partition coefficient (Wildman–Crippen LogP) is 4.12. The first-order valence-electron chi connectivity index (χ1n) is 5.05. The number of aldehydes is 1. The molecule has 1 aromatic carbocycles. The van der Waals surface area contributed by atoms with Gasteiger partial charge in [-0.2, -0.15) is 0 Å². The van der Waals surface area contributed by atoms with E-state index in [0.717, 1.165) is 31.8 Å². The van der Waals surface area contributed by atoms with Crippen molar-refractivity contribution in [2.75, 3.05) is 0 Å². The fourth-order valence-electron chi connectivity index (χ4n) is 1.40. The number of benzene rings is 1. The van der Waals surface area contributed by atoms with Crippen LogP contribution in [0.1, 0.15) is 15.9 Å². The minimum absolute atomic E-state index is 0.731. The van der Waals surface area contributed by atoms with Crippen LogP contribution in [0.2, 0.25) is 0 Å². The number of hydrogen-bond acceptors (Lipinski definition) is 3. The van der Waals surface area contributed by atoms with Crippen LogP contribution in [0.4, 0.5) is 0 Å². The molecule has 0 amide bonds. The average Bonchev–Trinajstić information content (AvgIpc) is 2.32. The van der Waals surface area contributed by atoms with Crippen LogP contribution in [-0.2, 0) is 0 Å². The lowest BCUT2D eigenvalue weighted by Crippen LogP contribution is -1.87. The molecule has 1 heterocycles. The topological polar surface area (TPSA) is 30.0 Å². The molecule has 0 spiro atoms. The lowest BCUT2D eigenvalue weighted by molar-refractivity contribution is 0.112. The zero-order valence-electron chi connectivity index (χ0n) is 9.18. The molecule has 0 saturated carbocycles. The van der Waals surface area contributed by atoms with E-state index in [4.69, 9.17) is 0 Å². The van der Waals surface area contributed by atoms with Gasteiger partial charge in [0.1, 0.15) is 11.3 Å². The molecular weight excluding hydrogens is 298 g/mol. The van der Waals surface area contributed by atoms with Crippen molar-refractivity contribution in [2.24, 2.45) is 0 Å². The molecule has 2 nitrogen and oxygen atoms in total. The molecular formula is C13H10BrNOS. The fraction of sp³-hybridized carbons (Fsp3) is 0.0769. The summed E-state index contributed by atoms with van der Waals surface area (Å²) in [7, 11) is 0.